The number of hydrogen-bond donors (Lipinski definition) is 0. The van der Waals surface area contributed by atoms with Gasteiger partial charge in [-0.05, 0) is 55.7 Å². The van der Waals surface area contributed by atoms with Crippen LogP contribution >= 0.6 is 0 Å². The van der Waals surface area contributed by atoms with Crippen LogP contribution in [-0.2, 0) is 24.0 Å². The molecular weight excluding hydrogens is 226 g/mol. The minimum Gasteiger partial charge on any atom is -0.449 e. The number of carbonyl (C=O) groups excluding carboxylic acids is 1. The first kappa shape index (κ1) is 11.6. The van der Waals surface area contributed by atoms with Crippen LogP contribution < -0.4 is 4.90 Å². The quantitative estimate of drug-likeness (QED) is 0.761. The average Bonchev–Trinajstić information content (AvgIpc) is 2.86. The van der Waals surface area contributed by atoms with E-state index in [4.69, 9.17) is 4.74 Å². The highest BCUT2D eigenvalue weighted by atomic mass is 16.6. The summed E-state index contributed by atoms with van der Waals surface area (Å²) in [4.78, 5) is 13.9. The van der Waals surface area contributed by atoms with Crippen molar-refractivity contribution >= 4 is 11.8 Å². The Bertz CT molecular complexity index is 482. The Hall–Kier alpha value is -1.51. The van der Waals surface area contributed by atoms with Gasteiger partial charge in [-0.2, -0.15) is 0 Å². The lowest BCUT2D eigenvalue weighted by Gasteiger charge is -2.30. The number of amides is 1. The predicted molar refractivity (Wildman–Crippen MR) is 71.2 cm³/mol. The van der Waals surface area contributed by atoms with E-state index in [2.05, 4.69) is 12.1 Å². The Morgan fingerprint density at radius 1 is 1.22 bits per heavy atom. The van der Waals surface area contributed by atoms with Gasteiger partial charge in [-0.1, -0.05) is 12.1 Å². The van der Waals surface area contributed by atoms with Gasteiger partial charge < -0.3 is 4.74 Å². The van der Waals surface area contributed by atoms with Gasteiger partial charge in [-0.25, -0.2) is 4.79 Å². The van der Waals surface area contributed by atoms with Crippen molar-refractivity contribution in [2.75, 3.05) is 18.1 Å². The second kappa shape index (κ2) is 4.63. The monoisotopic (exact) mass is 245 g/mol. The Labute approximate surface area is 108 Å². The number of anilines is 1. The Morgan fingerprint density at radius 2 is 2.00 bits per heavy atom. The van der Waals surface area contributed by atoms with Crippen molar-refractivity contribution in [2.24, 2.45) is 0 Å². The zero-order chi connectivity index (χ0) is 12.5. The normalized spacial score (nSPS) is 17.3. The molecule has 96 valence electrons. The molecule has 1 heterocycles. The number of rotatable bonds is 1. The molecule has 0 unspecified atom stereocenters. The molecule has 0 fully saturated rings. The molecule has 0 aromatic heterocycles. The topological polar surface area (TPSA) is 29.5 Å². The molecule has 1 aliphatic carbocycles. The first-order valence-corrected chi connectivity index (χ1v) is 6.89. The summed E-state index contributed by atoms with van der Waals surface area (Å²) in [6.45, 7) is 3.10. The van der Waals surface area contributed by atoms with Crippen LogP contribution in [0.2, 0.25) is 0 Å². The lowest BCUT2D eigenvalue weighted by molar-refractivity contribution is 0.159. The molecule has 3 nitrogen and oxygen atoms in total. The fraction of sp³-hybridized carbons (Fsp3) is 0.533. The maximum atomic E-state index is 12.1. The lowest BCUT2D eigenvalue weighted by atomic mass is 9.95. The van der Waals surface area contributed by atoms with Crippen molar-refractivity contribution in [3.05, 3.63) is 28.8 Å². The van der Waals surface area contributed by atoms with Gasteiger partial charge in [0.25, 0.3) is 0 Å². The molecule has 1 aliphatic heterocycles. The third-order valence-electron chi connectivity index (χ3n) is 3.92. The molecule has 0 spiro atoms. The van der Waals surface area contributed by atoms with Crippen LogP contribution in [-0.4, -0.2) is 19.2 Å². The van der Waals surface area contributed by atoms with Gasteiger partial charge >= 0.3 is 6.09 Å². The van der Waals surface area contributed by atoms with Crippen LogP contribution in [0.25, 0.3) is 0 Å². The zero-order valence-corrected chi connectivity index (χ0v) is 10.9. The van der Waals surface area contributed by atoms with Crippen molar-refractivity contribution in [3.8, 4) is 0 Å². The first-order valence-electron chi connectivity index (χ1n) is 6.89. The van der Waals surface area contributed by atoms with E-state index >= 15 is 0 Å². The molecule has 2 aliphatic rings. The molecule has 18 heavy (non-hydrogen) atoms. The second-order valence-electron chi connectivity index (χ2n) is 5.02. The van der Waals surface area contributed by atoms with Crippen LogP contribution in [0.4, 0.5) is 10.5 Å². The van der Waals surface area contributed by atoms with E-state index in [1.165, 1.54) is 23.1 Å². The maximum Gasteiger partial charge on any atom is 0.414 e. The molecule has 1 amide bonds. The standard InChI is InChI=1S/C15H19NO2/c1-2-18-15(17)16-10-4-6-12-9-8-11-5-3-7-13(11)14(12)16/h8-9H,2-7,10H2,1H3. The summed E-state index contributed by atoms with van der Waals surface area (Å²) in [6.07, 6.45) is 5.40. The van der Waals surface area contributed by atoms with E-state index in [0.29, 0.717) is 6.61 Å². The number of hydrogen-bond acceptors (Lipinski definition) is 2. The minimum absolute atomic E-state index is 0.182. The van der Waals surface area contributed by atoms with Crippen molar-refractivity contribution < 1.29 is 9.53 Å². The molecule has 1 aromatic rings. The van der Waals surface area contributed by atoms with Crippen LogP contribution in [0.1, 0.15) is 36.5 Å². The Balaban J connectivity index is 2.03. The average molecular weight is 245 g/mol. The van der Waals surface area contributed by atoms with Gasteiger partial charge in [0.05, 0.1) is 12.3 Å². The number of fused-ring (bicyclic) bond motifs is 3. The fourth-order valence-electron chi connectivity index (χ4n) is 3.16. The van der Waals surface area contributed by atoms with Gasteiger partial charge in [0.1, 0.15) is 0 Å². The Morgan fingerprint density at radius 3 is 2.83 bits per heavy atom. The third-order valence-corrected chi connectivity index (χ3v) is 3.92. The van der Waals surface area contributed by atoms with Crippen molar-refractivity contribution in [1.82, 2.24) is 0 Å². The number of carbonyl (C=O) groups is 1. The summed E-state index contributed by atoms with van der Waals surface area (Å²) in [5.41, 5.74) is 5.29. The van der Waals surface area contributed by atoms with Crippen molar-refractivity contribution in [1.29, 1.82) is 0 Å². The van der Waals surface area contributed by atoms with Gasteiger partial charge in [0, 0.05) is 6.54 Å². The number of aryl methyl sites for hydroxylation is 2. The summed E-state index contributed by atoms with van der Waals surface area (Å²) < 4.78 is 5.18. The first-order chi connectivity index (χ1) is 8.81. The highest BCUT2D eigenvalue weighted by Gasteiger charge is 2.28. The van der Waals surface area contributed by atoms with Gasteiger partial charge in [0.15, 0.2) is 0 Å². The van der Waals surface area contributed by atoms with Gasteiger partial charge in [0.2, 0.25) is 0 Å². The largest absolute Gasteiger partial charge is 0.449 e. The van der Waals surface area contributed by atoms with E-state index < -0.39 is 0 Å². The number of nitrogens with zero attached hydrogens (tertiary/aromatic N) is 1. The zero-order valence-electron chi connectivity index (χ0n) is 10.9. The fourth-order valence-corrected chi connectivity index (χ4v) is 3.16. The molecular formula is C15H19NO2. The summed E-state index contributed by atoms with van der Waals surface area (Å²) in [6, 6.07) is 4.45. The van der Waals surface area contributed by atoms with Gasteiger partial charge in [-0.15, -0.1) is 0 Å². The predicted octanol–water partition coefficient (Wildman–Crippen LogP) is 3.08. The number of benzene rings is 1. The van der Waals surface area contributed by atoms with Crippen LogP contribution in [0.5, 0.6) is 0 Å². The summed E-state index contributed by atoms with van der Waals surface area (Å²) in [5.74, 6) is 0. The maximum absolute atomic E-state index is 12.1. The molecule has 0 atom stereocenters. The highest BCUT2D eigenvalue weighted by molar-refractivity contribution is 5.91. The Kier molecular flexibility index (Phi) is 2.98. The second-order valence-corrected chi connectivity index (χ2v) is 5.02. The molecule has 3 heteroatoms. The van der Waals surface area contributed by atoms with E-state index in [0.717, 1.165) is 37.9 Å². The molecule has 3 rings (SSSR count). The molecule has 0 saturated heterocycles. The van der Waals surface area contributed by atoms with Crippen molar-refractivity contribution in [3.63, 3.8) is 0 Å². The molecule has 0 radical (unpaired) electrons. The lowest BCUT2D eigenvalue weighted by Crippen LogP contribution is -2.36. The molecule has 0 bridgehead atoms. The minimum atomic E-state index is -0.182. The van der Waals surface area contributed by atoms with E-state index in [1.807, 2.05) is 11.8 Å². The van der Waals surface area contributed by atoms with Crippen molar-refractivity contribution in [2.45, 2.75) is 39.0 Å². The summed E-state index contributed by atoms with van der Waals surface area (Å²) in [7, 11) is 0. The van der Waals surface area contributed by atoms with Gasteiger partial charge in [-0.3, -0.25) is 4.90 Å². The van der Waals surface area contributed by atoms with E-state index in [1.54, 1.807) is 0 Å². The van der Waals surface area contributed by atoms with Crippen LogP contribution in [0.3, 0.4) is 0 Å². The van der Waals surface area contributed by atoms with Crippen LogP contribution in [0.15, 0.2) is 12.1 Å². The third kappa shape index (κ3) is 1.78. The smallest absolute Gasteiger partial charge is 0.414 e. The van der Waals surface area contributed by atoms with E-state index in [9.17, 15) is 4.79 Å². The highest BCUT2D eigenvalue weighted by Crippen LogP contribution is 2.37. The number of ether oxygens (including phenoxy) is 1. The summed E-state index contributed by atoms with van der Waals surface area (Å²) in [5, 5.41) is 0. The molecule has 1 aromatic carbocycles. The van der Waals surface area contributed by atoms with E-state index in [-0.39, 0.29) is 6.09 Å². The molecule has 0 saturated carbocycles. The molecule has 0 N–H and O–H groups in total. The van der Waals surface area contributed by atoms with Crippen LogP contribution in [0, 0.1) is 0 Å². The SMILES string of the molecule is CCOC(=O)N1CCCc2ccc3c(c21)CCC3. The summed E-state index contributed by atoms with van der Waals surface area (Å²) >= 11 is 0.